The molecule has 0 amide bonds. The first-order valence-corrected chi connectivity index (χ1v) is 1.87. The Balaban J connectivity index is 0. The standard InChI is InChI=1S/C4H8O2.H2/c1-3(2)4(5)6;/h3H,1-2H3,(H,5,6);1H. The summed E-state index contributed by atoms with van der Waals surface area (Å²) < 4.78 is 0. The molecule has 0 atom stereocenters. The monoisotopic (exact) mass is 90.1 g/mol. The van der Waals surface area contributed by atoms with Crippen molar-refractivity contribution in [3.63, 3.8) is 0 Å². The average Bonchev–Trinajstić information content (AvgIpc) is 1.36. The summed E-state index contributed by atoms with van der Waals surface area (Å²) in [5.74, 6) is -0.972. The molecule has 6 heavy (non-hydrogen) atoms. The van der Waals surface area contributed by atoms with Crippen LogP contribution in [0.2, 0.25) is 0 Å². The van der Waals surface area contributed by atoms with Crippen molar-refractivity contribution in [2.24, 2.45) is 5.92 Å². The van der Waals surface area contributed by atoms with Crippen LogP contribution < -0.4 is 0 Å². The van der Waals surface area contributed by atoms with Gasteiger partial charge in [0.15, 0.2) is 0 Å². The Kier molecular flexibility index (Phi) is 1.64. The Morgan fingerprint density at radius 3 is 2.00 bits per heavy atom. The summed E-state index contributed by atoms with van der Waals surface area (Å²) in [6, 6.07) is 0. The maximum Gasteiger partial charge on any atom is 0.305 e. The van der Waals surface area contributed by atoms with Gasteiger partial charge in [0.25, 0.3) is 0 Å². The summed E-state index contributed by atoms with van der Waals surface area (Å²) in [5, 5.41) is 7.99. The van der Waals surface area contributed by atoms with Crippen LogP contribution >= 0.6 is 0 Å². The second-order valence-electron chi connectivity index (χ2n) is 1.49. The molecule has 2 nitrogen and oxygen atoms in total. The first-order chi connectivity index (χ1) is 2.64. The van der Waals surface area contributed by atoms with Crippen LogP contribution in [0.1, 0.15) is 15.3 Å². The van der Waals surface area contributed by atoms with E-state index >= 15 is 0 Å². The van der Waals surface area contributed by atoms with Gasteiger partial charge in [-0.15, -0.1) is 0 Å². The van der Waals surface area contributed by atoms with Crippen molar-refractivity contribution < 1.29 is 11.3 Å². The normalized spacial score (nSPS) is 9.17. The molecule has 0 saturated carbocycles. The summed E-state index contributed by atoms with van der Waals surface area (Å²) in [6.07, 6.45) is 0. The van der Waals surface area contributed by atoms with Crippen LogP contribution in [-0.2, 0) is 4.79 Å². The second kappa shape index (κ2) is 1.80. The first-order valence-electron chi connectivity index (χ1n) is 1.87. The van der Waals surface area contributed by atoms with Gasteiger partial charge in [0, 0.05) is 1.43 Å². The van der Waals surface area contributed by atoms with Gasteiger partial charge in [0.2, 0.25) is 0 Å². The Bertz CT molecular complexity index is 60.7. The maximum absolute atomic E-state index is 9.70. The second-order valence-corrected chi connectivity index (χ2v) is 1.49. The van der Waals surface area contributed by atoms with Crippen molar-refractivity contribution >= 4 is 5.97 Å². The number of hydrogen-bond acceptors (Lipinski definition) is 1. The quantitative estimate of drug-likeness (QED) is 0.521. The molecule has 0 aromatic carbocycles. The van der Waals surface area contributed by atoms with Crippen molar-refractivity contribution in [2.45, 2.75) is 13.8 Å². The van der Waals surface area contributed by atoms with E-state index in [2.05, 4.69) is 0 Å². The lowest BCUT2D eigenvalue weighted by molar-refractivity contribution is -0.140. The molecule has 0 aliphatic heterocycles. The van der Waals surface area contributed by atoms with Gasteiger partial charge >= 0.3 is 5.97 Å². The van der Waals surface area contributed by atoms with E-state index in [1.807, 2.05) is 0 Å². The minimum absolute atomic E-state index is 0. The molecule has 1 N–H and O–H groups in total. The summed E-state index contributed by atoms with van der Waals surface area (Å²) in [5.41, 5.74) is 0. The molecule has 0 aliphatic rings. The number of rotatable bonds is 1. The van der Waals surface area contributed by atoms with Gasteiger partial charge in [-0.05, 0) is 0 Å². The zero-order valence-corrected chi connectivity index (χ0v) is 3.93. The van der Waals surface area contributed by atoms with Gasteiger partial charge in [0.05, 0.1) is 5.92 Å². The molecule has 0 aliphatic carbocycles. The van der Waals surface area contributed by atoms with Crippen LogP contribution in [0, 0.1) is 5.92 Å². The molecule has 0 bridgehead atoms. The first kappa shape index (κ1) is 5.47. The van der Waals surface area contributed by atoms with Crippen molar-refractivity contribution in [1.29, 1.82) is 0 Å². The van der Waals surface area contributed by atoms with Crippen molar-refractivity contribution in [2.75, 3.05) is 0 Å². The molecule has 0 aromatic rings. The fraction of sp³-hybridized carbons (Fsp3) is 0.750. The maximum atomic E-state index is 9.70. The van der Waals surface area contributed by atoms with Gasteiger partial charge in [-0.3, -0.25) is 4.79 Å². The number of carboxylic acid groups (broad SMARTS) is 1. The van der Waals surface area contributed by atoms with Gasteiger partial charge < -0.3 is 5.11 Å². The number of aliphatic carboxylic acids is 1. The van der Waals surface area contributed by atoms with E-state index in [1.54, 1.807) is 13.8 Å². The highest BCUT2D eigenvalue weighted by atomic mass is 16.4. The van der Waals surface area contributed by atoms with Crippen LogP contribution in [0.3, 0.4) is 0 Å². The summed E-state index contributed by atoms with van der Waals surface area (Å²) >= 11 is 0. The summed E-state index contributed by atoms with van der Waals surface area (Å²) in [7, 11) is 0. The van der Waals surface area contributed by atoms with E-state index in [4.69, 9.17) is 5.11 Å². The van der Waals surface area contributed by atoms with E-state index < -0.39 is 5.97 Å². The predicted octanol–water partition coefficient (Wildman–Crippen LogP) is 0.973. The van der Waals surface area contributed by atoms with Gasteiger partial charge in [-0.1, -0.05) is 13.8 Å². The van der Waals surface area contributed by atoms with Crippen LogP contribution in [0.4, 0.5) is 0 Å². The molecule has 0 aromatic heterocycles. The third-order valence-electron chi connectivity index (χ3n) is 0.494. The molecule has 0 saturated heterocycles. The minimum Gasteiger partial charge on any atom is -0.481 e. The molecule has 0 rings (SSSR count). The third kappa shape index (κ3) is 1.76. The summed E-state index contributed by atoms with van der Waals surface area (Å²) in [6.45, 7) is 3.28. The van der Waals surface area contributed by atoms with Gasteiger partial charge in [-0.25, -0.2) is 0 Å². The topological polar surface area (TPSA) is 37.3 Å². The van der Waals surface area contributed by atoms with Crippen molar-refractivity contribution in [3.8, 4) is 0 Å². The van der Waals surface area contributed by atoms with Gasteiger partial charge in [0.1, 0.15) is 0 Å². The van der Waals surface area contributed by atoms with Crippen LogP contribution in [0.5, 0.6) is 0 Å². The lowest BCUT2D eigenvalue weighted by Gasteiger charge is -1.89. The zero-order chi connectivity index (χ0) is 5.15. The highest BCUT2D eigenvalue weighted by Crippen LogP contribution is 1.87. The SMILES string of the molecule is CC(C)C(=O)O.[HH]. The van der Waals surface area contributed by atoms with E-state index in [9.17, 15) is 4.79 Å². The average molecular weight is 90.1 g/mol. The number of carboxylic acids is 1. The highest BCUT2D eigenvalue weighted by molar-refractivity contribution is 5.68. The number of carbonyl (C=O) groups is 1. The van der Waals surface area contributed by atoms with Crippen LogP contribution in [-0.4, -0.2) is 11.1 Å². The Morgan fingerprint density at radius 1 is 1.83 bits per heavy atom. The smallest absolute Gasteiger partial charge is 0.305 e. The van der Waals surface area contributed by atoms with Crippen molar-refractivity contribution in [3.05, 3.63) is 0 Å². The molecular formula is C4H10O2. The molecule has 38 valence electrons. The third-order valence-corrected chi connectivity index (χ3v) is 0.494. The van der Waals surface area contributed by atoms with Gasteiger partial charge in [-0.2, -0.15) is 0 Å². The van der Waals surface area contributed by atoms with E-state index in [0.29, 0.717) is 0 Å². The molecule has 0 heterocycles. The molecule has 0 unspecified atom stereocenters. The lowest BCUT2D eigenvalue weighted by atomic mass is 10.2. The largest absolute Gasteiger partial charge is 0.481 e. The zero-order valence-electron chi connectivity index (χ0n) is 3.93. The van der Waals surface area contributed by atoms with Crippen LogP contribution in [0.25, 0.3) is 0 Å². The Labute approximate surface area is 38.3 Å². The molecule has 0 radical (unpaired) electrons. The molecular weight excluding hydrogens is 80.0 g/mol. The number of hydrogen-bond donors (Lipinski definition) is 1. The predicted molar refractivity (Wildman–Crippen MR) is 24.6 cm³/mol. The molecule has 0 fully saturated rings. The Hall–Kier alpha value is -0.530. The Morgan fingerprint density at radius 2 is 2.00 bits per heavy atom. The fourth-order valence-electron chi connectivity index (χ4n) is 0. The lowest BCUT2D eigenvalue weighted by Crippen LogP contribution is -2.03. The highest BCUT2D eigenvalue weighted by Gasteiger charge is 1.99. The molecule has 2 heteroatoms. The summed E-state index contributed by atoms with van der Waals surface area (Å²) in [4.78, 5) is 9.70. The molecule has 0 spiro atoms. The van der Waals surface area contributed by atoms with Crippen molar-refractivity contribution in [1.82, 2.24) is 0 Å². The van der Waals surface area contributed by atoms with E-state index in [-0.39, 0.29) is 7.34 Å². The van der Waals surface area contributed by atoms with E-state index in [0.717, 1.165) is 0 Å². The minimum atomic E-state index is -0.741. The fourth-order valence-corrected chi connectivity index (χ4v) is 0. The van der Waals surface area contributed by atoms with E-state index in [1.165, 1.54) is 0 Å². The van der Waals surface area contributed by atoms with Crippen LogP contribution in [0.15, 0.2) is 0 Å².